The van der Waals surface area contributed by atoms with Crippen molar-refractivity contribution in [3.8, 4) is 0 Å². The van der Waals surface area contributed by atoms with Gasteiger partial charge in [-0.3, -0.25) is 9.59 Å². The molecule has 2 nitrogen and oxygen atoms in total. The van der Waals surface area contributed by atoms with E-state index in [0.29, 0.717) is 35.2 Å². The van der Waals surface area contributed by atoms with Crippen LogP contribution < -0.4 is 0 Å². The molecular weight excluding hydrogens is 260 g/mol. The summed E-state index contributed by atoms with van der Waals surface area (Å²) >= 11 is 0. The predicted molar refractivity (Wildman–Crippen MR) is 83.8 cm³/mol. The first-order valence-electron chi connectivity index (χ1n) is 8.60. The zero-order valence-electron chi connectivity index (χ0n) is 13.8. The molecule has 0 aromatic heterocycles. The monoisotopic (exact) mass is 288 g/mol. The molecule has 6 atom stereocenters. The SMILES string of the molecule is CC(=O)[C@@]1(C)CC[C@@H]2[C@H]3C[C@H](C)C(=O)C=C3CC[C@H]2C1C. The van der Waals surface area contributed by atoms with Crippen molar-refractivity contribution in [2.45, 2.75) is 59.8 Å². The van der Waals surface area contributed by atoms with E-state index in [1.165, 1.54) is 12.0 Å². The molecule has 2 saturated carbocycles. The fourth-order valence-corrected chi connectivity index (χ4v) is 5.33. The summed E-state index contributed by atoms with van der Waals surface area (Å²) in [5, 5.41) is 0. The lowest BCUT2D eigenvalue weighted by Gasteiger charge is -2.53. The van der Waals surface area contributed by atoms with Gasteiger partial charge in [0.2, 0.25) is 0 Å². The van der Waals surface area contributed by atoms with Gasteiger partial charge in [-0.1, -0.05) is 26.3 Å². The van der Waals surface area contributed by atoms with Gasteiger partial charge >= 0.3 is 0 Å². The van der Waals surface area contributed by atoms with Crippen molar-refractivity contribution in [2.24, 2.45) is 35.0 Å². The Kier molecular flexibility index (Phi) is 3.62. The minimum atomic E-state index is -0.127. The largest absolute Gasteiger partial charge is 0.299 e. The average Bonchev–Trinajstić information content (AvgIpc) is 2.44. The lowest BCUT2D eigenvalue weighted by Crippen LogP contribution is -2.48. The zero-order chi connectivity index (χ0) is 15.4. The number of hydrogen-bond donors (Lipinski definition) is 0. The van der Waals surface area contributed by atoms with Crippen LogP contribution in [0.2, 0.25) is 0 Å². The topological polar surface area (TPSA) is 34.1 Å². The molecule has 2 heteroatoms. The molecule has 0 aromatic carbocycles. The van der Waals surface area contributed by atoms with Gasteiger partial charge in [-0.2, -0.15) is 0 Å². The van der Waals surface area contributed by atoms with Gasteiger partial charge in [0.15, 0.2) is 5.78 Å². The van der Waals surface area contributed by atoms with E-state index in [-0.39, 0.29) is 11.3 Å². The van der Waals surface area contributed by atoms with Crippen molar-refractivity contribution >= 4 is 11.6 Å². The number of carbonyl (C=O) groups excluding carboxylic acids is 2. The molecule has 3 aliphatic carbocycles. The first kappa shape index (κ1) is 15.0. The van der Waals surface area contributed by atoms with E-state index >= 15 is 0 Å². The number of hydrogen-bond acceptors (Lipinski definition) is 2. The summed E-state index contributed by atoms with van der Waals surface area (Å²) in [4.78, 5) is 24.1. The predicted octanol–water partition coefficient (Wildman–Crippen LogP) is 4.19. The molecule has 1 unspecified atom stereocenters. The van der Waals surface area contributed by atoms with Crippen molar-refractivity contribution in [2.75, 3.05) is 0 Å². The van der Waals surface area contributed by atoms with Crippen LogP contribution in [0.1, 0.15) is 59.8 Å². The fraction of sp³-hybridized carbons (Fsp3) is 0.789. The van der Waals surface area contributed by atoms with E-state index in [2.05, 4.69) is 20.8 Å². The number of fused-ring (bicyclic) bond motifs is 3. The van der Waals surface area contributed by atoms with E-state index in [1.54, 1.807) is 6.92 Å². The molecule has 0 radical (unpaired) electrons. The van der Waals surface area contributed by atoms with E-state index in [1.807, 2.05) is 6.08 Å². The molecule has 0 saturated heterocycles. The van der Waals surface area contributed by atoms with Gasteiger partial charge in [0.05, 0.1) is 0 Å². The molecule has 0 heterocycles. The first-order valence-corrected chi connectivity index (χ1v) is 8.60. The third-order valence-corrected chi connectivity index (χ3v) is 7.18. The molecule has 3 aliphatic rings. The Labute approximate surface area is 128 Å². The van der Waals surface area contributed by atoms with E-state index in [0.717, 1.165) is 25.7 Å². The van der Waals surface area contributed by atoms with Crippen LogP contribution >= 0.6 is 0 Å². The molecule has 116 valence electrons. The summed E-state index contributed by atoms with van der Waals surface area (Å²) < 4.78 is 0. The molecule has 0 spiro atoms. The van der Waals surface area contributed by atoms with Crippen molar-refractivity contribution in [3.05, 3.63) is 11.6 Å². The molecule has 3 rings (SSSR count). The standard InChI is InChI=1S/C19H28O2/c1-11-9-17-14(10-18(11)21)5-6-15-12(2)19(4,13(3)20)8-7-16(15)17/h10-12,15-17H,5-9H2,1-4H3/t11-,12?,15-,16-,17-,19-/m0/s1. The molecule has 21 heavy (non-hydrogen) atoms. The summed E-state index contributed by atoms with van der Waals surface area (Å²) in [6.45, 7) is 8.32. The van der Waals surface area contributed by atoms with Crippen molar-refractivity contribution in [1.82, 2.24) is 0 Å². The summed E-state index contributed by atoms with van der Waals surface area (Å²) in [6, 6.07) is 0. The molecule has 0 amide bonds. The lowest BCUT2D eigenvalue weighted by atomic mass is 9.51. The highest BCUT2D eigenvalue weighted by Crippen LogP contribution is 2.56. The third-order valence-electron chi connectivity index (χ3n) is 7.18. The van der Waals surface area contributed by atoms with Gasteiger partial charge in [0, 0.05) is 11.3 Å². The number of allylic oxidation sites excluding steroid dienone is 2. The third kappa shape index (κ3) is 2.22. The van der Waals surface area contributed by atoms with Gasteiger partial charge in [-0.05, 0) is 68.8 Å². The van der Waals surface area contributed by atoms with Gasteiger partial charge in [0.25, 0.3) is 0 Å². The zero-order valence-corrected chi connectivity index (χ0v) is 13.8. The molecule has 0 aliphatic heterocycles. The number of rotatable bonds is 1. The summed E-state index contributed by atoms with van der Waals surface area (Å²) in [5.74, 6) is 3.32. The second-order valence-electron chi connectivity index (χ2n) is 8.03. The smallest absolute Gasteiger partial charge is 0.158 e. The Morgan fingerprint density at radius 1 is 1.24 bits per heavy atom. The number of Topliss-reactive ketones (excluding diaryl/α,β-unsaturated/α-hetero) is 1. The maximum Gasteiger partial charge on any atom is 0.158 e. The second-order valence-corrected chi connectivity index (χ2v) is 8.03. The summed E-state index contributed by atoms with van der Waals surface area (Å²) in [7, 11) is 0. The van der Waals surface area contributed by atoms with Crippen LogP contribution in [-0.4, -0.2) is 11.6 Å². The van der Waals surface area contributed by atoms with E-state index in [9.17, 15) is 9.59 Å². The number of ketones is 2. The van der Waals surface area contributed by atoms with Crippen molar-refractivity contribution in [3.63, 3.8) is 0 Å². The molecule has 0 N–H and O–H groups in total. The molecule has 2 fully saturated rings. The lowest BCUT2D eigenvalue weighted by molar-refractivity contribution is -0.135. The number of carbonyl (C=O) groups is 2. The van der Waals surface area contributed by atoms with Gasteiger partial charge in [0.1, 0.15) is 5.78 Å². The fourth-order valence-electron chi connectivity index (χ4n) is 5.33. The van der Waals surface area contributed by atoms with Crippen LogP contribution in [0.4, 0.5) is 0 Å². The molecule has 0 bridgehead atoms. The van der Waals surface area contributed by atoms with Crippen molar-refractivity contribution in [1.29, 1.82) is 0 Å². The van der Waals surface area contributed by atoms with Gasteiger partial charge in [-0.25, -0.2) is 0 Å². The van der Waals surface area contributed by atoms with Crippen LogP contribution in [0, 0.1) is 35.0 Å². The Bertz CT molecular complexity index is 504. The van der Waals surface area contributed by atoms with Crippen LogP contribution in [-0.2, 0) is 9.59 Å². The Balaban J connectivity index is 1.88. The molecular formula is C19H28O2. The first-order chi connectivity index (χ1) is 9.84. The highest BCUT2D eigenvalue weighted by molar-refractivity contribution is 5.93. The quantitative estimate of drug-likeness (QED) is 0.725. The minimum absolute atomic E-state index is 0.127. The normalized spacial score (nSPS) is 46.4. The van der Waals surface area contributed by atoms with Crippen LogP contribution in [0.5, 0.6) is 0 Å². The Morgan fingerprint density at radius 2 is 1.95 bits per heavy atom. The second kappa shape index (κ2) is 5.07. The van der Waals surface area contributed by atoms with Crippen LogP contribution in [0.3, 0.4) is 0 Å². The summed E-state index contributed by atoms with van der Waals surface area (Å²) in [6.07, 6.45) is 7.42. The average molecular weight is 288 g/mol. The summed E-state index contributed by atoms with van der Waals surface area (Å²) in [5.41, 5.74) is 1.29. The maximum absolute atomic E-state index is 12.1. The van der Waals surface area contributed by atoms with Crippen LogP contribution in [0.25, 0.3) is 0 Å². The van der Waals surface area contributed by atoms with E-state index < -0.39 is 0 Å². The highest BCUT2D eigenvalue weighted by atomic mass is 16.1. The molecule has 0 aromatic rings. The minimum Gasteiger partial charge on any atom is -0.299 e. The highest BCUT2D eigenvalue weighted by Gasteiger charge is 2.51. The maximum atomic E-state index is 12.1. The van der Waals surface area contributed by atoms with Crippen LogP contribution in [0.15, 0.2) is 11.6 Å². The Morgan fingerprint density at radius 3 is 2.62 bits per heavy atom. The van der Waals surface area contributed by atoms with Gasteiger partial charge in [-0.15, -0.1) is 0 Å². The Hall–Kier alpha value is -0.920. The van der Waals surface area contributed by atoms with E-state index in [4.69, 9.17) is 0 Å². The van der Waals surface area contributed by atoms with Crippen molar-refractivity contribution < 1.29 is 9.59 Å². The van der Waals surface area contributed by atoms with Gasteiger partial charge < -0.3 is 0 Å².